The van der Waals surface area contributed by atoms with Gasteiger partial charge in [0.2, 0.25) is 0 Å². The van der Waals surface area contributed by atoms with Crippen molar-refractivity contribution in [3.8, 4) is 11.5 Å². The van der Waals surface area contributed by atoms with Crippen LogP contribution >= 0.6 is 0 Å². The second kappa shape index (κ2) is 16.3. The first-order chi connectivity index (χ1) is 19.0. The van der Waals surface area contributed by atoms with E-state index in [4.69, 9.17) is 9.84 Å². The van der Waals surface area contributed by atoms with E-state index in [0.29, 0.717) is 25.1 Å². The van der Waals surface area contributed by atoms with E-state index in [2.05, 4.69) is 22.2 Å². The van der Waals surface area contributed by atoms with Crippen LogP contribution in [0.3, 0.4) is 0 Å². The summed E-state index contributed by atoms with van der Waals surface area (Å²) in [6.45, 7) is 3.57. The minimum absolute atomic E-state index is 0.0372. The molecule has 0 spiro atoms. The summed E-state index contributed by atoms with van der Waals surface area (Å²) in [6, 6.07) is 5.82. The van der Waals surface area contributed by atoms with Gasteiger partial charge in [-0.2, -0.15) is 4.98 Å². The van der Waals surface area contributed by atoms with E-state index in [0.717, 1.165) is 28.7 Å². The second-order valence-electron chi connectivity index (χ2n) is 10.3. The molecule has 1 aromatic rings. The average molecular weight is 544 g/mol. The number of hydrogen-bond donors (Lipinski definition) is 3. The van der Waals surface area contributed by atoms with E-state index in [1.54, 1.807) is 0 Å². The lowest BCUT2D eigenvalue weighted by Gasteiger charge is -2.18. The van der Waals surface area contributed by atoms with Crippen LogP contribution in [0.2, 0.25) is 0 Å². The Hall–Kier alpha value is -2.82. The molecule has 0 saturated heterocycles. The van der Waals surface area contributed by atoms with Gasteiger partial charge in [0, 0.05) is 32.4 Å². The zero-order valence-electron chi connectivity index (χ0n) is 23.5. The third-order valence-electron chi connectivity index (χ3n) is 7.01. The van der Waals surface area contributed by atoms with Gasteiger partial charge in [0.05, 0.1) is 24.2 Å². The fourth-order valence-electron chi connectivity index (χ4n) is 4.69. The van der Waals surface area contributed by atoms with Gasteiger partial charge in [-0.25, -0.2) is 9.78 Å². The number of benzene rings is 1. The van der Waals surface area contributed by atoms with Crippen LogP contribution in [-0.2, 0) is 18.3 Å². The maximum atomic E-state index is 12.8. The van der Waals surface area contributed by atoms with Crippen LogP contribution in [0.25, 0.3) is 22.6 Å². The molecule has 1 unspecified atom stereocenters. The van der Waals surface area contributed by atoms with E-state index in [1.165, 1.54) is 64.8 Å². The van der Waals surface area contributed by atoms with Crippen molar-refractivity contribution in [2.75, 3.05) is 31.7 Å². The molecule has 0 amide bonds. The van der Waals surface area contributed by atoms with Gasteiger partial charge in [-0.05, 0) is 31.0 Å². The van der Waals surface area contributed by atoms with Gasteiger partial charge in [-0.1, -0.05) is 64.7 Å². The second-order valence-corrected chi connectivity index (χ2v) is 10.3. The van der Waals surface area contributed by atoms with E-state index in [-0.39, 0.29) is 24.7 Å². The van der Waals surface area contributed by atoms with Crippen LogP contribution in [0.1, 0.15) is 77.6 Å². The van der Waals surface area contributed by atoms with Crippen molar-refractivity contribution in [1.82, 2.24) is 19.1 Å². The number of unbranched alkanes of at least 4 members (excludes halogenated alkanes) is 9. The number of aromatic nitrogens is 4. The van der Waals surface area contributed by atoms with Gasteiger partial charge in [-0.3, -0.25) is 9.36 Å². The highest BCUT2D eigenvalue weighted by Crippen LogP contribution is 2.24. The zero-order chi connectivity index (χ0) is 28.0. The van der Waals surface area contributed by atoms with Gasteiger partial charge in [0.1, 0.15) is 6.10 Å². The molecular weight excluding hydrogens is 498 g/mol. The van der Waals surface area contributed by atoms with E-state index >= 15 is 0 Å². The first-order valence-corrected chi connectivity index (χ1v) is 14.5. The molecule has 10 nitrogen and oxygen atoms in total. The summed E-state index contributed by atoms with van der Waals surface area (Å²) < 4.78 is 8.26. The normalized spacial score (nSPS) is 12.4. The highest BCUT2D eigenvalue weighted by Gasteiger charge is 2.20. The first-order valence-electron chi connectivity index (χ1n) is 14.5. The van der Waals surface area contributed by atoms with Crippen LogP contribution in [0.4, 0.5) is 5.69 Å². The van der Waals surface area contributed by atoms with Crippen LogP contribution in [0.5, 0.6) is 0 Å². The highest BCUT2D eigenvalue weighted by molar-refractivity contribution is 5.82. The fourth-order valence-corrected chi connectivity index (χ4v) is 4.69. The minimum atomic E-state index is -0.919. The predicted octanol–water partition coefficient (Wildman–Crippen LogP) is 3.69. The Labute approximate surface area is 230 Å². The average Bonchev–Trinajstić information content (AvgIpc) is 2.94. The maximum absolute atomic E-state index is 12.8. The Morgan fingerprint density at radius 2 is 1.67 bits per heavy atom. The van der Waals surface area contributed by atoms with Crippen molar-refractivity contribution >= 4 is 16.7 Å². The Morgan fingerprint density at radius 1 is 0.974 bits per heavy atom. The van der Waals surface area contributed by atoms with Gasteiger partial charge in [0.25, 0.3) is 5.56 Å². The molecule has 0 aromatic heterocycles. The molecular formula is C29H45N5O5. The number of fused-ring (bicyclic) bond motifs is 2. The molecule has 2 aliphatic rings. The van der Waals surface area contributed by atoms with Gasteiger partial charge >= 0.3 is 5.69 Å². The lowest BCUT2D eigenvalue weighted by atomic mass is 10.1. The number of nitrogens with zero attached hydrogens (tertiary/aromatic N) is 4. The van der Waals surface area contributed by atoms with Crippen molar-refractivity contribution < 1.29 is 14.9 Å². The predicted molar refractivity (Wildman–Crippen MR) is 155 cm³/mol. The Morgan fingerprint density at radius 3 is 2.36 bits per heavy atom. The summed E-state index contributed by atoms with van der Waals surface area (Å²) in [5, 5.41) is 21.9. The number of aliphatic hydroxyl groups excluding tert-OH is 2. The third kappa shape index (κ3) is 9.12. The zero-order valence-corrected chi connectivity index (χ0v) is 23.5. The van der Waals surface area contributed by atoms with Crippen molar-refractivity contribution in [1.29, 1.82) is 0 Å². The fraction of sp³-hybridized carbons (Fsp3) is 0.655. The first kappa shape index (κ1) is 30.7. The monoisotopic (exact) mass is 543 g/mol. The van der Waals surface area contributed by atoms with Crippen molar-refractivity contribution in [2.24, 2.45) is 7.05 Å². The molecule has 2 heterocycles. The van der Waals surface area contributed by atoms with E-state index in [9.17, 15) is 14.7 Å². The van der Waals surface area contributed by atoms with Crippen molar-refractivity contribution in [3.63, 3.8) is 0 Å². The molecule has 216 valence electrons. The molecule has 10 heteroatoms. The summed E-state index contributed by atoms with van der Waals surface area (Å²) >= 11 is 0. The number of nitrogens with one attached hydrogen (secondary N) is 1. The smallest absolute Gasteiger partial charge is 0.352 e. The topological polar surface area (TPSA) is 132 Å². The van der Waals surface area contributed by atoms with E-state index < -0.39 is 17.4 Å². The molecule has 0 bridgehead atoms. The van der Waals surface area contributed by atoms with Crippen LogP contribution in [-0.4, -0.2) is 61.8 Å². The van der Waals surface area contributed by atoms with Crippen molar-refractivity contribution in [3.05, 3.63) is 39.0 Å². The Balaban J connectivity index is 1.65. The molecule has 2 aliphatic heterocycles. The van der Waals surface area contributed by atoms with Crippen LogP contribution < -0.4 is 16.6 Å². The lowest BCUT2D eigenvalue weighted by Crippen LogP contribution is -2.36. The number of aliphatic hydroxyl groups is 2. The largest absolute Gasteiger partial charge is 0.394 e. The summed E-state index contributed by atoms with van der Waals surface area (Å²) in [6.07, 6.45) is 12.6. The van der Waals surface area contributed by atoms with Gasteiger partial charge < -0.3 is 24.8 Å². The van der Waals surface area contributed by atoms with Crippen molar-refractivity contribution in [2.45, 2.75) is 90.2 Å². The molecule has 3 rings (SSSR count). The molecule has 0 aliphatic carbocycles. The maximum Gasteiger partial charge on any atom is 0.352 e. The number of ether oxygens (including phenoxy) is 1. The molecule has 1 aromatic carbocycles. The summed E-state index contributed by atoms with van der Waals surface area (Å²) in [7, 11) is 1.40. The number of anilines is 1. The molecule has 3 N–H and O–H groups in total. The van der Waals surface area contributed by atoms with E-state index in [1.807, 2.05) is 22.8 Å². The quantitative estimate of drug-likeness (QED) is 0.154. The van der Waals surface area contributed by atoms with Crippen LogP contribution in [0.15, 0.2) is 27.8 Å². The Kier molecular flexibility index (Phi) is 12.9. The third-order valence-corrected chi connectivity index (χ3v) is 7.01. The SMILES string of the molecule is CCCCCCCCCCCCNc1ccc2nc3c(=O)n(C)c(=O)nc-3n(CCCOCC(O)CO)c2c1. The standard InChI is InChI=1S/C29H45N5O5/c1-3-4-5-6-7-8-9-10-11-12-16-30-22-14-15-24-25(19-22)34(17-13-18-39-21-23(36)20-35)27-26(31-24)28(37)33(2)29(38)32-27/h14-15,19,23,30,35-36H,3-13,16-18,20-21H2,1-2H3. The molecule has 0 saturated carbocycles. The van der Waals surface area contributed by atoms with Crippen LogP contribution in [0, 0.1) is 0 Å². The molecule has 1 atom stereocenters. The summed E-state index contributed by atoms with van der Waals surface area (Å²) in [5.41, 5.74) is 1.40. The molecule has 39 heavy (non-hydrogen) atoms. The van der Waals surface area contributed by atoms with Gasteiger partial charge in [0.15, 0.2) is 11.5 Å². The molecule has 0 radical (unpaired) electrons. The number of rotatable bonds is 19. The minimum Gasteiger partial charge on any atom is -0.394 e. The summed E-state index contributed by atoms with van der Waals surface area (Å²) in [4.78, 5) is 33.8. The number of hydrogen-bond acceptors (Lipinski definition) is 8. The molecule has 0 fully saturated rings. The van der Waals surface area contributed by atoms with Gasteiger partial charge in [-0.15, -0.1) is 0 Å². The lowest BCUT2D eigenvalue weighted by molar-refractivity contribution is 0.00503. The highest BCUT2D eigenvalue weighted by atomic mass is 16.5. The number of aryl methyl sites for hydroxylation is 1. The Bertz CT molecular complexity index is 1240. The summed E-state index contributed by atoms with van der Waals surface area (Å²) in [5.74, 6) is 0.248.